The fourth-order valence-electron chi connectivity index (χ4n) is 4.65. The van der Waals surface area contributed by atoms with Gasteiger partial charge in [0, 0.05) is 48.2 Å². The molecule has 2 aliphatic rings. The molecular formula is C26H28N4O2. The van der Waals surface area contributed by atoms with Crippen molar-refractivity contribution in [1.82, 2.24) is 14.9 Å². The lowest BCUT2D eigenvalue weighted by molar-refractivity contribution is -0.131. The van der Waals surface area contributed by atoms with Gasteiger partial charge in [-0.1, -0.05) is 18.2 Å². The topological polar surface area (TPSA) is 81.3 Å². The van der Waals surface area contributed by atoms with E-state index in [1.807, 2.05) is 29.3 Å². The van der Waals surface area contributed by atoms with Crippen LogP contribution in [0, 0.1) is 0 Å². The first-order valence-electron chi connectivity index (χ1n) is 11.4. The summed E-state index contributed by atoms with van der Waals surface area (Å²) in [6.45, 7) is 2.33. The number of amides is 1. The highest BCUT2D eigenvalue weighted by Crippen LogP contribution is 2.29. The summed E-state index contributed by atoms with van der Waals surface area (Å²) < 4.78 is 5.69. The molecule has 0 radical (unpaired) electrons. The van der Waals surface area contributed by atoms with Crippen LogP contribution < -0.4 is 10.5 Å². The molecule has 3 aromatic rings. The number of aryl methyl sites for hydroxylation is 1. The van der Waals surface area contributed by atoms with Crippen molar-refractivity contribution >= 4 is 11.7 Å². The van der Waals surface area contributed by atoms with Gasteiger partial charge < -0.3 is 15.4 Å². The first-order chi connectivity index (χ1) is 15.7. The largest absolute Gasteiger partial charge is 0.493 e. The Balaban J connectivity index is 1.24. The fraction of sp³-hybridized carbons (Fsp3) is 0.346. The monoisotopic (exact) mass is 428 g/mol. The zero-order valence-corrected chi connectivity index (χ0v) is 18.2. The number of fused-ring (bicyclic) bond motifs is 1. The van der Waals surface area contributed by atoms with Crippen molar-refractivity contribution in [3.05, 3.63) is 71.7 Å². The maximum Gasteiger partial charge on any atom is 0.227 e. The second kappa shape index (κ2) is 8.99. The van der Waals surface area contributed by atoms with Gasteiger partial charge in [-0.3, -0.25) is 9.78 Å². The molecule has 1 saturated heterocycles. The molecule has 5 rings (SSSR count). The number of benzene rings is 1. The number of ether oxygens (including phenoxy) is 1. The summed E-state index contributed by atoms with van der Waals surface area (Å²) >= 11 is 0. The second-order valence-corrected chi connectivity index (χ2v) is 8.69. The number of nitrogens with zero attached hydrogens (tertiary/aromatic N) is 3. The SMILES string of the molecule is Nc1ccc(-c2ccc([C@@H]3CCCN(C(=O)Cc4ccc5c(c4)CCCO5)C3)nc2)cn1. The van der Waals surface area contributed by atoms with E-state index in [2.05, 4.69) is 23.2 Å². The predicted molar refractivity (Wildman–Crippen MR) is 124 cm³/mol. The lowest BCUT2D eigenvalue weighted by Gasteiger charge is -2.32. The predicted octanol–water partition coefficient (Wildman–Crippen LogP) is 4.00. The Bertz CT molecular complexity index is 1100. The zero-order chi connectivity index (χ0) is 21.9. The van der Waals surface area contributed by atoms with Gasteiger partial charge in [-0.25, -0.2) is 4.98 Å². The molecule has 164 valence electrons. The molecule has 1 atom stereocenters. The smallest absolute Gasteiger partial charge is 0.227 e. The van der Waals surface area contributed by atoms with Gasteiger partial charge in [-0.05, 0) is 61.1 Å². The Morgan fingerprint density at radius 2 is 1.91 bits per heavy atom. The van der Waals surface area contributed by atoms with Gasteiger partial charge in [0.15, 0.2) is 0 Å². The molecule has 0 aliphatic carbocycles. The Hall–Kier alpha value is -3.41. The maximum absolute atomic E-state index is 13.0. The number of pyridine rings is 2. The average Bonchev–Trinajstić information content (AvgIpc) is 2.85. The van der Waals surface area contributed by atoms with E-state index in [9.17, 15) is 4.79 Å². The molecule has 0 bridgehead atoms. The van der Waals surface area contributed by atoms with Crippen LogP contribution in [-0.4, -0.2) is 40.5 Å². The molecule has 6 nitrogen and oxygen atoms in total. The van der Waals surface area contributed by atoms with E-state index in [-0.39, 0.29) is 11.8 Å². The minimum absolute atomic E-state index is 0.191. The molecule has 2 aromatic heterocycles. The Morgan fingerprint density at radius 3 is 2.69 bits per heavy atom. The van der Waals surface area contributed by atoms with E-state index in [0.717, 1.165) is 73.5 Å². The first-order valence-corrected chi connectivity index (χ1v) is 11.4. The normalized spacial score (nSPS) is 18.0. The first kappa shape index (κ1) is 20.5. The molecule has 0 saturated carbocycles. The van der Waals surface area contributed by atoms with Crippen LogP contribution in [0.5, 0.6) is 5.75 Å². The summed E-state index contributed by atoms with van der Waals surface area (Å²) in [6, 6.07) is 14.1. The number of carbonyl (C=O) groups excluding carboxylic acids is 1. The number of aromatic nitrogens is 2. The summed E-state index contributed by atoms with van der Waals surface area (Å²) in [5.41, 5.74) is 11.0. The lowest BCUT2D eigenvalue weighted by atomic mass is 9.93. The van der Waals surface area contributed by atoms with E-state index >= 15 is 0 Å². The Morgan fingerprint density at radius 1 is 1.06 bits per heavy atom. The van der Waals surface area contributed by atoms with Crippen molar-refractivity contribution in [1.29, 1.82) is 0 Å². The number of nitrogens with two attached hydrogens (primary N) is 1. The van der Waals surface area contributed by atoms with E-state index < -0.39 is 0 Å². The summed E-state index contributed by atoms with van der Waals surface area (Å²) in [5.74, 6) is 1.93. The maximum atomic E-state index is 13.0. The highest BCUT2D eigenvalue weighted by atomic mass is 16.5. The standard InChI is InChI=1S/C26H28N4O2/c27-25-10-7-21(16-29-25)20-6-8-23(28-15-20)22-3-1-11-30(17-22)26(31)14-18-5-9-24-19(13-18)4-2-12-32-24/h5-10,13,15-16,22H,1-4,11-12,14,17H2,(H2,27,29)/t22-/m1/s1. The summed E-state index contributed by atoms with van der Waals surface area (Å²) in [5, 5.41) is 0. The number of rotatable bonds is 4. The van der Waals surface area contributed by atoms with Crippen LogP contribution >= 0.6 is 0 Å². The quantitative estimate of drug-likeness (QED) is 0.679. The minimum Gasteiger partial charge on any atom is -0.493 e. The third kappa shape index (κ3) is 4.44. The molecule has 1 fully saturated rings. The molecule has 6 heteroatoms. The number of hydrogen-bond donors (Lipinski definition) is 1. The third-order valence-electron chi connectivity index (χ3n) is 6.43. The van der Waals surface area contributed by atoms with Gasteiger partial charge in [-0.15, -0.1) is 0 Å². The summed E-state index contributed by atoms with van der Waals surface area (Å²) in [6.07, 6.45) is 8.21. The molecule has 1 aromatic carbocycles. The molecule has 2 aliphatic heterocycles. The highest BCUT2D eigenvalue weighted by molar-refractivity contribution is 5.79. The number of carbonyl (C=O) groups is 1. The molecular weight excluding hydrogens is 400 g/mol. The van der Waals surface area contributed by atoms with Crippen LogP contribution in [0.25, 0.3) is 11.1 Å². The van der Waals surface area contributed by atoms with Crippen LogP contribution in [0.15, 0.2) is 54.9 Å². The van der Waals surface area contributed by atoms with Gasteiger partial charge in [0.2, 0.25) is 5.91 Å². The van der Waals surface area contributed by atoms with E-state index in [0.29, 0.717) is 12.2 Å². The molecule has 4 heterocycles. The van der Waals surface area contributed by atoms with Crippen molar-refractivity contribution in [3.63, 3.8) is 0 Å². The van der Waals surface area contributed by atoms with E-state index in [4.69, 9.17) is 15.5 Å². The minimum atomic E-state index is 0.191. The lowest BCUT2D eigenvalue weighted by Crippen LogP contribution is -2.40. The summed E-state index contributed by atoms with van der Waals surface area (Å²) in [7, 11) is 0. The molecule has 32 heavy (non-hydrogen) atoms. The number of anilines is 1. The number of nitrogen functional groups attached to an aromatic ring is 1. The Kier molecular flexibility index (Phi) is 5.75. The highest BCUT2D eigenvalue weighted by Gasteiger charge is 2.26. The van der Waals surface area contributed by atoms with E-state index in [1.165, 1.54) is 5.56 Å². The van der Waals surface area contributed by atoms with Crippen molar-refractivity contribution in [2.75, 3.05) is 25.4 Å². The van der Waals surface area contributed by atoms with Crippen LogP contribution in [0.2, 0.25) is 0 Å². The van der Waals surface area contributed by atoms with Crippen molar-refractivity contribution in [2.45, 2.75) is 38.0 Å². The van der Waals surface area contributed by atoms with Crippen molar-refractivity contribution in [3.8, 4) is 16.9 Å². The molecule has 1 amide bonds. The molecule has 0 spiro atoms. The van der Waals surface area contributed by atoms with E-state index in [1.54, 1.807) is 12.3 Å². The van der Waals surface area contributed by atoms with Crippen LogP contribution in [0.4, 0.5) is 5.82 Å². The number of piperidine rings is 1. The van der Waals surface area contributed by atoms with Gasteiger partial charge in [0.05, 0.1) is 13.0 Å². The summed E-state index contributed by atoms with van der Waals surface area (Å²) in [4.78, 5) is 23.9. The zero-order valence-electron chi connectivity index (χ0n) is 18.2. The van der Waals surface area contributed by atoms with Gasteiger partial charge in [0.1, 0.15) is 11.6 Å². The number of hydrogen-bond acceptors (Lipinski definition) is 5. The Labute approximate surface area is 188 Å². The van der Waals surface area contributed by atoms with Gasteiger partial charge in [-0.2, -0.15) is 0 Å². The average molecular weight is 429 g/mol. The number of likely N-dealkylation sites (tertiary alicyclic amines) is 1. The van der Waals surface area contributed by atoms with Crippen LogP contribution in [0.3, 0.4) is 0 Å². The third-order valence-corrected chi connectivity index (χ3v) is 6.43. The fourth-order valence-corrected chi connectivity index (χ4v) is 4.65. The molecule has 0 unspecified atom stereocenters. The second-order valence-electron chi connectivity index (χ2n) is 8.69. The van der Waals surface area contributed by atoms with Crippen LogP contribution in [-0.2, 0) is 17.6 Å². The van der Waals surface area contributed by atoms with Crippen LogP contribution in [0.1, 0.15) is 42.0 Å². The van der Waals surface area contributed by atoms with Gasteiger partial charge >= 0.3 is 0 Å². The van der Waals surface area contributed by atoms with Gasteiger partial charge in [0.25, 0.3) is 0 Å². The molecule has 2 N–H and O–H groups in total. The van der Waals surface area contributed by atoms with Crippen molar-refractivity contribution < 1.29 is 9.53 Å². The van der Waals surface area contributed by atoms with Crippen molar-refractivity contribution in [2.24, 2.45) is 0 Å².